The zero-order valence-electron chi connectivity index (χ0n) is 11.1. The third-order valence-corrected chi connectivity index (χ3v) is 5.15. The Morgan fingerprint density at radius 2 is 2.05 bits per heavy atom. The normalized spacial score (nSPS) is 16.9. The molecule has 0 saturated heterocycles. The summed E-state index contributed by atoms with van der Waals surface area (Å²) in [5, 5.41) is 3.58. The highest BCUT2D eigenvalue weighted by atomic mass is 32.2. The summed E-state index contributed by atoms with van der Waals surface area (Å²) in [5.74, 6) is 1.13. The highest BCUT2D eigenvalue weighted by molar-refractivity contribution is 7.89. The Labute approximate surface area is 117 Å². The molecule has 0 bridgehead atoms. The zero-order valence-corrected chi connectivity index (χ0v) is 11.9. The van der Waals surface area contributed by atoms with E-state index in [1.807, 2.05) is 0 Å². The second-order valence-corrected chi connectivity index (χ2v) is 6.69. The van der Waals surface area contributed by atoms with E-state index in [4.69, 9.17) is 8.94 Å². The number of nitrogens with zero attached hydrogens (tertiary/aromatic N) is 1. The van der Waals surface area contributed by atoms with Gasteiger partial charge in [-0.1, -0.05) is 18.0 Å². The molecule has 7 heteroatoms. The molecule has 108 valence electrons. The first-order chi connectivity index (χ1) is 9.56. The van der Waals surface area contributed by atoms with E-state index < -0.39 is 10.0 Å². The lowest BCUT2D eigenvalue weighted by Gasteiger charge is -2.11. The molecule has 1 fully saturated rings. The van der Waals surface area contributed by atoms with E-state index in [1.54, 1.807) is 13.0 Å². The smallest absolute Gasteiger partial charge is 0.244 e. The molecule has 2 heterocycles. The minimum Gasteiger partial charge on any atom is -0.457 e. The lowest BCUT2D eigenvalue weighted by Crippen LogP contribution is -2.32. The Morgan fingerprint density at radius 3 is 2.70 bits per heavy atom. The minimum absolute atomic E-state index is 0.0306. The van der Waals surface area contributed by atoms with Gasteiger partial charge in [0.05, 0.1) is 6.20 Å². The van der Waals surface area contributed by atoms with Crippen molar-refractivity contribution in [3.8, 4) is 11.5 Å². The maximum absolute atomic E-state index is 12.4. The predicted octanol–water partition coefficient (Wildman–Crippen LogP) is 2.46. The van der Waals surface area contributed by atoms with E-state index in [9.17, 15) is 8.42 Å². The molecule has 0 unspecified atom stereocenters. The van der Waals surface area contributed by atoms with Crippen LogP contribution in [0.5, 0.6) is 0 Å². The number of aromatic nitrogens is 1. The van der Waals surface area contributed by atoms with Crippen molar-refractivity contribution in [3.05, 3.63) is 24.1 Å². The van der Waals surface area contributed by atoms with Crippen molar-refractivity contribution in [2.75, 3.05) is 0 Å². The van der Waals surface area contributed by atoms with Crippen molar-refractivity contribution in [2.45, 2.75) is 43.5 Å². The Kier molecular flexibility index (Phi) is 3.39. The van der Waals surface area contributed by atoms with Crippen molar-refractivity contribution < 1.29 is 17.4 Å². The average Bonchev–Trinajstić information content (AvgIpc) is 3.06. The maximum atomic E-state index is 12.4. The van der Waals surface area contributed by atoms with Crippen LogP contribution >= 0.6 is 0 Å². The fourth-order valence-corrected chi connectivity index (χ4v) is 4.01. The molecule has 2 aromatic heterocycles. The lowest BCUT2D eigenvalue weighted by molar-refractivity contribution is 0.414. The van der Waals surface area contributed by atoms with Crippen LogP contribution in [0.2, 0.25) is 0 Å². The highest BCUT2D eigenvalue weighted by Gasteiger charge is 2.27. The van der Waals surface area contributed by atoms with E-state index in [1.165, 1.54) is 12.3 Å². The molecule has 1 N–H and O–H groups in total. The molecule has 0 amide bonds. The van der Waals surface area contributed by atoms with Gasteiger partial charge in [-0.05, 0) is 19.8 Å². The summed E-state index contributed by atoms with van der Waals surface area (Å²) in [6, 6.07) is 3.13. The van der Waals surface area contributed by atoms with Gasteiger partial charge in [0.15, 0.2) is 5.76 Å². The summed E-state index contributed by atoms with van der Waals surface area (Å²) < 4.78 is 37.9. The molecular formula is C13H16N2O4S. The predicted molar refractivity (Wildman–Crippen MR) is 71.5 cm³/mol. The summed E-state index contributed by atoms with van der Waals surface area (Å²) in [6.45, 7) is 1.63. The molecular weight excluding hydrogens is 280 g/mol. The fraction of sp³-hybridized carbons (Fsp3) is 0.462. The van der Waals surface area contributed by atoms with Gasteiger partial charge in [0.1, 0.15) is 10.7 Å². The molecule has 6 nitrogen and oxygen atoms in total. The zero-order chi connectivity index (χ0) is 14.2. The van der Waals surface area contributed by atoms with Crippen LogP contribution in [0.15, 0.2) is 32.2 Å². The molecule has 20 heavy (non-hydrogen) atoms. The van der Waals surface area contributed by atoms with Crippen LogP contribution < -0.4 is 4.72 Å². The van der Waals surface area contributed by atoms with Crippen molar-refractivity contribution in [1.82, 2.24) is 9.88 Å². The van der Waals surface area contributed by atoms with Gasteiger partial charge in [-0.25, -0.2) is 13.1 Å². The molecule has 1 saturated carbocycles. The number of aryl methyl sites for hydroxylation is 1. The van der Waals surface area contributed by atoms with Crippen LogP contribution in [0.1, 0.15) is 31.4 Å². The minimum atomic E-state index is -3.55. The molecule has 2 aromatic rings. The topological polar surface area (TPSA) is 85.3 Å². The van der Waals surface area contributed by atoms with Crippen LogP contribution in [-0.4, -0.2) is 19.6 Å². The van der Waals surface area contributed by atoms with Gasteiger partial charge >= 0.3 is 0 Å². The third kappa shape index (κ3) is 2.51. The first kappa shape index (κ1) is 13.4. The quantitative estimate of drug-likeness (QED) is 0.936. The van der Waals surface area contributed by atoms with Crippen LogP contribution in [-0.2, 0) is 10.0 Å². The molecule has 0 aliphatic heterocycles. The van der Waals surface area contributed by atoms with Crippen LogP contribution in [0.3, 0.4) is 0 Å². The maximum Gasteiger partial charge on any atom is 0.244 e. The van der Waals surface area contributed by atoms with Crippen molar-refractivity contribution in [1.29, 1.82) is 0 Å². The SMILES string of the molecule is Cc1oc(-c2ccno2)cc1S(=O)(=O)NC1CCCC1. The summed E-state index contributed by atoms with van der Waals surface area (Å²) in [7, 11) is -3.55. The van der Waals surface area contributed by atoms with Gasteiger partial charge in [-0.15, -0.1) is 0 Å². The molecule has 1 aliphatic rings. The van der Waals surface area contributed by atoms with Crippen LogP contribution in [0.4, 0.5) is 0 Å². The molecule has 3 rings (SSSR count). The third-order valence-electron chi connectivity index (χ3n) is 3.52. The number of nitrogens with one attached hydrogen (secondary N) is 1. The molecule has 1 aliphatic carbocycles. The molecule has 0 aromatic carbocycles. The van der Waals surface area contributed by atoms with Gasteiger partial charge in [0, 0.05) is 18.2 Å². The van der Waals surface area contributed by atoms with Gasteiger partial charge in [0.2, 0.25) is 15.8 Å². The van der Waals surface area contributed by atoms with E-state index >= 15 is 0 Å². The van der Waals surface area contributed by atoms with E-state index in [-0.39, 0.29) is 10.9 Å². The Morgan fingerprint density at radius 1 is 1.30 bits per heavy atom. The van der Waals surface area contributed by atoms with Crippen molar-refractivity contribution in [2.24, 2.45) is 0 Å². The van der Waals surface area contributed by atoms with Crippen molar-refractivity contribution >= 4 is 10.0 Å². The van der Waals surface area contributed by atoms with E-state index in [2.05, 4.69) is 9.88 Å². The van der Waals surface area contributed by atoms with Gasteiger partial charge < -0.3 is 8.94 Å². The number of sulfonamides is 1. The highest BCUT2D eigenvalue weighted by Crippen LogP contribution is 2.29. The number of rotatable bonds is 4. The van der Waals surface area contributed by atoms with Gasteiger partial charge in [0.25, 0.3) is 0 Å². The summed E-state index contributed by atoms with van der Waals surface area (Å²) in [4.78, 5) is 0.163. The molecule has 0 atom stereocenters. The Balaban J connectivity index is 1.89. The first-order valence-electron chi connectivity index (χ1n) is 6.60. The molecule has 0 radical (unpaired) electrons. The second-order valence-electron chi connectivity index (χ2n) is 5.01. The van der Waals surface area contributed by atoms with Gasteiger partial charge in [-0.3, -0.25) is 0 Å². The molecule has 0 spiro atoms. The number of furan rings is 1. The Bertz CT molecular complexity index is 682. The second kappa shape index (κ2) is 5.06. The van der Waals surface area contributed by atoms with Gasteiger partial charge in [-0.2, -0.15) is 0 Å². The standard InChI is InChI=1S/C13H16N2O4S/c1-9-13(8-12(18-9)11-6-7-14-19-11)20(16,17)15-10-4-2-3-5-10/h6-8,10,15H,2-5H2,1H3. The van der Waals surface area contributed by atoms with E-state index in [0.29, 0.717) is 17.3 Å². The fourth-order valence-electron chi connectivity index (χ4n) is 2.52. The monoisotopic (exact) mass is 296 g/mol. The number of hydrogen-bond acceptors (Lipinski definition) is 5. The summed E-state index contributed by atoms with van der Waals surface area (Å²) in [5.41, 5.74) is 0. The summed E-state index contributed by atoms with van der Waals surface area (Å²) >= 11 is 0. The van der Waals surface area contributed by atoms with E-state index in [0.717, 1.165) is 25.7 Å². The lowest BCUT2D eigenvalue weighted by atomic mass is 10.3. The first-order valence-corrected chi connectivity index (χ1v) is 8.08. The van der Waals surface area contributed by atoms with Crippen LogP contribution in [0.25, 0.3) is 11.5 Å². The summed E-state index contributed by atoms with van der Waals surface area (Å²) in [6.07, 6.45) is 5.41. The van der Waals surface area contributed by atoms with Crippen LogP contribution in [0, 0.1) is 6.92 Å². The average molecular weight is 296 g/mol. The Hall–Kier alpha value is -1.60. The largest absolute Gasteiger partial charge is 0.457 e. The van der Waals surface area contributed by atoms with Crippen molar-refractivity contribution in [3.63, 3.8) is 0 Å². The number of hydrogen-bond donors (Lipinski definition) is 1.